The van der Waals surface area contributed by atoms with Crippen molar-refractivity contribution in [1.29, 1.82) is 0 Å². The van der Waals surface area contributed by atoms with E-state index < -0.39 is 5.60 Å². The first-order valence-corrected chi connectivity index (χ1v) is 12.8. The second kappa shape index (κ2) is 12.8. The van der Waals surface area contributed by atoms with Crippen LogP contribution >= 0.6 is 22.6 Å². The first-order chi connectivity index (χ1) is 15.5. The van der Waals surface area contributed by atoms with Gasteiger partial charge in [0.25, 0.3) is 0 Å². The molecule has 0 atom stereocenters. The van der Waals surface area contributed by atoms with Crippen molar-refractivity contribution in [2.45, 2.75) is 58.1 Å². The van der Waals surface area contributed by atoms with Crippen LogP contribution in [-0.4, -0.2) is 80.9 Å². The van der Waals surface area contributed by atoms with Gasteiger partial charge >= 0.3 is 12.1 Å². The molecule has 1 aliphatic carbocycles. The molecule has 1 fully saturated rings. The molecule has 0 N–H and O–H groups in total. The average molecular weight is 574 g/mol. The zero-order valence-electron chi connectivity index (χ0n) is 21.0. The lowest BCUT2D eigenvalue weighted by molar-refractivity contribution is -0.142. The second-order valence-corrected chi connectivity index (χ2v) is 11.2. The summed E-state index contributed by atoms with van der Waals surface area (Å²) >= 11 is 2.33. The molecule has 186 valence electrons. The monoisotopic (exact) mass is 573 g/mol. The maximum absolute atomic E-state index is 12.3. The number of carbonyl (C=O) groups is 2. The highest BCUT2D eigenvalue weighted by Gasteiger charge is 2.29. The molecule has 0 unspecified atom stereocenters. The van der Waals surface area contributed by atoms with Gasteiger partial charge in [0, 0.05) is 49.0 Å². The summed E-state index contributed by atoms with van der Waals surface area (Å²) in [7, 11) is 5.32. The summed E-state index contributed by atoms with van der Waals surface area (Å²) in [4.78, 5) is 30.4. The summed E-state index contributed by atoms with van der Waals surface area (Å²) in [5.74, 6) is 0.394. The van der Waals surface area contributed by atoms with E-state index in [-0.39, 0.29) is 18.6 Å². The Kier molecular flexibility index (Phi) is 10.7. The minimum absolute atomic E-state index is 0.240. The van der Waals surface area contributed by atoms with E-state index in [0.717, 1.165) is 32.2 Å². The van der Waals surface area contributed by atoms with Crippen LogP contribution in [0, 0.1) is 9.49 Å². The number of anilines is 1. The number of amides is 1. The van der Waals surface area contributed by atoms with E-state index in [9.17, 15) is 9.59 Å². The number of nitrogens with zero attached hydrogens (tertiary/aromatic N) is 3. The summed E-state index contributed by atoms with van der Waals surface area (Å²) in [5, 5.41) is 0. The molecule has 0 spiro atoms. The van der Waals surface area contributed by atoms with Gasteiger partial charge in [-0.05, 0) is 99.2 Å². The Morgan fingerprint density at radius 1 is 1.03 bits per heavy atom. The van der Waals surface area contributed by atoms with Gasteiger partial charge in [-0.25, -0.2) is 4.79 Å². The first-order valence-electron chi connectivity index (χ1n) is 11.7. The van der Waals surface area contributed by atoms with Crippen LogP contribution in [-0.2, 0) is 14.3 Å². The van der Waals surface area contributed by atoms with Crippen LogP contribution in [0.15, 0.2) is 24.3 Å². The minimum atomic E-state index is -0.527. The van der Waals surface area contributed by atoms with Gasteiger partial charge in [0.05, 0.1) is 13.7 Å². The largest absolute Gasteiger partial charge is 0.468 e. The highest BCUT2D eigenvalue weighted by molar-refractivity contribution is 14.1. The Bertz CT molecular complexity index is 758. The van der Waals surface area contributed by atoms with Crippen molar-refractivity contribution >= 4 is 40.3 Å². The third-order valence-electron chi connectivity index (χ3n) is 6.12. The van der Waals surface area contributed by atoms with Crippen LogP contribution in [0.4, 0.5) is 10.5 Å². The summed E-state index contributed by atoms with van der Waals surface area (Å²) in [6.45, 7) is 7.97. The number of halogens is 1. The van der Waals surface area contributed by atoms with Crippen molar-refractivity contribution in [2.24, 2.45) is 5.92 Å². The van der Waals surface area contributed by atoms with Gasteiger partial charge in [-0.1, -0.05) is 0 Å². The fraction of sp³-hybridized carbons (Fsp3) is 0.680. The van der Waals surface area contributed by atoms with Crippen molar-refractivity contribution in [1.82, 2.24) is 9.80 Å². The number of benzene rings is 1. The van der Waals surface area contributed by atoms with Crippen molar-refractivity contribution in [2.75, 3.05) is 52.3 Å². The summed E-state index contributed by atoms with van der Waals surface area (Å²) in [5.41, 5.74) is 0.718. The molecule has 0 aromatic heterocycles. The van der Waals surface area contributed by atoms with E-state index in [1.807, 2.05) is 20.8 Å². The van der Waals surface area contributed by atoms with Crippen LogP contribution in [0.3, 0.4) is 0 Å². The average Bonchev–Trinajstić information content (AvgIpc) is 2.76. The van der Waals surface area contributed by atoms with Gasteiger partial charge < -0.3 is 19.3 Å². The molecule has 0 aliphatic heterocycles. The maximum atomic E-state index is 12.3. The number of rotatable bonds is 9. The van der Waals surface area contributed by atoms with Crippen molar-refractivity contribution in [3.8, 4) is 0 Å². The summed E-state index contributed by atoms with van der Waals surface area (Å²) in [6.07, 6.45) is 3.98. The number of methoxy groups -OCH3 is 1. The Labute approximate surface area is 212 Å². The lowest BCUT2D eigenvalue weighted by Crippen LogP contribution is -2.46. The van der Waals surface area contributed by atoms with Crippen molar-refractivity contribution in [3.05, 3.63) is 27.8 Å². The Balaban J connectivity index is 1.89. The molecule has 7 nitrogen and oxygen atoms in total. The molecule has 1 amide bonds. The van der Waals surface area contributed by atoms with Gasteiger partial charge in [0.15, 0.2) is 0 Å². The fourth-order valence-corrected chi connectivity index (χ4v) is 4.57. The Morgan fingerprint density at radius 3 is 2.18 bits per heavy atom. The molecule has 0 saturated heterocycles. The third kappa shape index (κ3) is 9.68. The molecular formula is C25H40IN3O4. The number of hydrogen-bond acceptors (Lipinski definition) is 6. The molecule has 2 rings (SSSR count). The molecule has 33 heavy (non-hydrogen) atoms. The number of carbonyl (C=O) groups excluding carboxylic acids is 2. The molecule has 0 radical (unpaired) electrons. The van der Waals surface area contributed by atoms with Gasteiger partial charge in [-0.15, -0.1) is 0 Å². The minimum Gasteiger partial charge on any atom is -0.468 e. The van der Waals surface area contributed by atoms with E-state index in [1.54, 1.807) is 11.9 Å². The van der Waals surface area contributed by atoms with E-state index in [4.69, 9.17) is 9.47 Å². The molecule has 0 bridgehead atoms. The second-order valence-electron chi connectivity index (χ2n) is 9.98. The fourth-order valence-electron chi connectivity index (χ4n) is 4.21. The van der Waals surface area contributed by atoms with Crippen molar-refractivity contribution in [3.63, 3.8) is 0 Å². The van der Waals surface area contributed by atoms with Gasteiger partial charge in [-0.2, -0.15) is 0 Å². The van der Waals surface area contributed by atoms with Crippen LogP contribution in [0.5, 0.6) is 0 Å². The lowest BCUT2D eigenvalue weighted by Gasteiger charge is -2.38. The van der Waals surface area contributed by atoms with Gasteiger partial charge in [0.2, 0.25) is 0 Å². The van der Waals surface area contributed by atoms with E-state index in [2.05, 4.69) is 63.7 Å². The molecule has 8 heteroatoms. The quantitative estimate of drug-likeness (QED) is 0.317. The zero-order valence-corrected chi connectivity index (χ0v) is 23.1. The standard InChI is InChI=1S/C25H40IN3O4/c1-25(2,3)33-24(31)27(4)15-16-29(18-23(30)32-6)22-11-7-19(8-12-22)17-28(5)21-13-9-20(26)10-14-21/h9-10,13-14,19,22H,7-8,11-12,15-18H2,1-6H3/t19-,22-. The van der Waals surface area contributed by atoms with Crippen molar-refractivity contribution < 1.29 is 19.1 Å². The number of likely N-dealkylation sites (N-methyl/N-ethyl adjacent to an activating group) is 1. The predicted molar refractivity (Wildman–Crippen MR) is 141 cm³/mol. The van der Waals surface area contributed by atoms with E-state index >= 15 is 0 Å². The Hall–Kier alpha value is -1.55. The van der Waals surface area contributed by atoms with Gasteiger partial charge in [-0.3, -0.25) is 9.69 Å². The summed E-state index contributed by atoms with van der Waals surface area (Å²) in [6, 6.07) is 8.94. The smallest absolute Gasteiger partial charge is 0.410 e. The topological polar surface area (TPSA) is 62.3 Å². The third-order valence-corrected chi connectivity index (χ3v) is 6.84. The first kappa shape index (κ1) is 27.7. The van der Waals surface area contributed by atoms with Gasteiger partial charge in [0.1, 0.15) is 5.60 Å². The SMILES string of the molecule is COC(=O)CN(CCN(C)C(=O)OC(C)(C)C)[C@H]1CC[C@H](CN(C)c2ccc(I)cc2)CC1. The number of esters is 1. The van der Waals surface area contributed by atoms with E-state index in [1.165, 1.54) is 16.4 Å². The molecular weight excluding hydrogens is 533 g/mol. The van der Waals surface area contributed by atoms with Crippen LogP contribution in [0.25, 0.3) is 0 Å². The molecule has 1 saturated carbocycles. The Morgan fingerprint density at radius 2 is 1.64 bits per heavy atom. The maximum Gasteiger partial charge on any atom is 0.410 e. The lowest BCUT2D eigenvalue weighted by atomic mass is 9.85. The zero-order chi connectivity index (χ0) is 24.6. The summed E-state index contributed by atoms with van der Waals surface area (Å²) < 4.78 is 11.6. The van der Waals surface area contributed by atoms with Crippen LogP contribution < -0.4 is 4.90 Å². The molecule has 1 aliphatic rings. The highest BCUT2D eigenvalue weighted by Crippen LogP contribution is 2.29. The van der Waals surface area contributed by atoms with E-state index in [0.29, 0.717) is 25.0 Å². The highest BCUT2D eigenvalue weighted by atomic mass is 127. The number of ether oxygens (including phenoxy) is 2. The van der Waals surface area contributed by atoms with Crippen LogP contribution in [0.1, 0.15) is 46.5 Å². The molecule has 1 aromatic rings. The molecule has 0 heterocycles. The normalized spacial score (nSPS) is 18.7. The number of hydrogen-bond donors (Lipinski definition) is 0. The van der Waals surface area contributed by atoms with Crippen LogP contribution in [0.2, 0.25) is 0 Å². The molecule has 1 aromatic carbocycles. The predicted octanol–water partition coefficient (Wildman–Crippen LogP) is 4.63.